The Hall–Kier alpha value is -5.32. The SMILES string of the molecule is N#Cc1ccccc1-c1ccc(CNc2cccc(NCc3ccc(-c4ccccc4C#N)cc3)c2)cc1. The van der Waals surface area contributed by atoms with Gasteiger partial charge in [-0.3, -0.25) is 0 Å². The molecule has 0 bridgehead atoms. The van der Waals surface area contributed by atoms with Crippen LogP contribution in [0, 0.1) is 22.7 Å². The first kappa shape index (κ1) is 24.4. The largest absolute Gasteiger partial charge is 0.381 e. The third-order valence-electron chi connectivity index (χ3n) is 6.48. The van der Waals surface area contributed by atoms with E-state index < -0.39 is 0 Å². The zero-order valence-corrected chi connectivity index (χ0v) is 20.9. The lowest BCUT2D eigenvalue weighted by Gasteiger charge is -2.12. The Morgan fingerprint density at radius 1 is 0.474 bits per heavy atom. The van der Waals surface area contributed by atoms with Gasteiger partial charge in [-0.2, -0.15) is 10.5 Å². The Balaban J connectivity index is 1.18. The maximum absolute atomic E-state index is 9.37. The second-order valence-electron chi connectivity index (χ2n) is 9.00. The molecule has 0 aliphatic heterocycles. The maximum atomic E-state index is 9.37. The number of hydrogen-bond donors (Lipinski definition) is 2. The van der Waals surface area contributed by atoms with E-state index in [1.165, 1.54) is 11.1 Å². The Labute approximate surface area is 223 Å². The lowest BCUT2D eigenvalue weighted by molar-refractivity contribution is 1.13. The molecular weight excluding hydrogens is 464 g/mol. The summed E-state index contributed by atoms with van der Waals surface area (Å²) in [5.74, 6) is 0. The van der Waals surface area contributed by atoms with Gasteiger partial charge in [0, 0.05) is 24.5 Å². The Kier molecular flexibility index (Phi) is 7.45. The van der Waals surface area contributed by atoms with Crippen LogP contribution in [0.4, 0.5) is 11.4 Å². The van der Waals surface area contributed by atoms with Gasteiger partial charge in [-0.15, -0.1) is 0 Å². The van der Waals surface area contributed by atoms with Gasteiger partial charge < -0.3 is 10.6 Å². The Bertz CT molecular complexity index is 1500. The standard InChI is InChI=1S/C34H26N4/c35-21-29-6-1-3-10-33(29)27-16-12-25(13-17-27)23-37-31-8-5-9-32(20-31)38-24-26-14-18-28(19-15-26)34-11-4-2-7-30(34)22-36/h1-20,37-38H,23-24H2. The number of hydrogen-bond acceptors (Lipinski definition) is 4. The minimum atomic E-state index is 0.683. The highest BCUT2D eigenvalue weighted by Crippen LogP contribution is 2.25. The fraction of sp³-hybridized carbons (Fsp3) is 0.0588. The summed E-state index contributed by atoms with van der Waals surface area (Å²) in [6.07, 6.45) is 0. The fourth-order valence-electron chi connectivity index (χ4n) is 4.42. The summed E-state index contributed by atoms with van der Waals surface area (Å²) in [5, 5.41) is 25.7. The molecule has 0 aliphatic carbocycles. The van der Waals surface area contributed by atoms with Gasteiger partial charge in [0.1, 0.15) is 0 Å². The number of rotatable bonds is 8. The highest BCUT2D eigenvalue weighted by atomic mass is 14.9. The second kappa shape index (κ2) is 11.6. The Morgan fingerprint density at radius 2 is 0.895 bits per heavy atom. The van der Waals surface area contributed by atoms with Crippen molar-refractivity contribution < 1.29 is 0 Å². The van der Waals surface area contributed by atoms with Crippen molar-refractivity contribution in [1.29, 1.82) is 10.5 Å². The van der Waals surface area contributed by atoms with Crippen molar-refractivity contribution in [3.8, 4) is 34.4 Å². The topological polar surface area (TPSA) is 71.6 Å². The van der Waals surface area contributed by atoms with E-state index in [2.05, 4.69) is 89.5 Å². The summed E-state index contributed by atoms with van der Waals surface area (Å²) in [5.41, 5.74) is 9.77. The van der Waals surface area contributed by atoms with Gasteiger partial charge in [0.15, 0.2) is 0 Å². The molecule has 0 saturated heterocycles. The normalized spacial score (nSPS) is 10.3. The van der Waals surface area contributed by atoms with Crippen molar-refractivity contribution in [3.63, 3.8) is 0 Å². The zero-order valence-electron chi connectivity index (χ0n) is 20.9. The van der Waals surface area contributed by atoms with Crippen molar-refractivity contribution >= 4 is 11.4 Å². The predicted octanol–water partition coefficient (Wildman–Crippen LogP) is 7.99. The quantitative estimate of drug-likeness (QED) is 0.231. The summed E-state index contributed by atoms with van der Waals surface area (Å²) >= 11 is 0. The second-order valence-corrected chi connectivity index (χ2v) is 9.00. The average molecular weight is 491 g/mol. The van der Waals surface area contributed by atoms with Crippen LogP contribution >= 0.6 is 0 Å². The van der Waals surface area contributed by atoms with E-state index in [0.717, 1.165) is 33.6 Å². The van der Waals surface area contributed by atoms with Gasteiger partial charge in [0.2, 0.25) is 0 Å². The number of anilines is 2. The molecule has 0 radical (unpaired) electrons. The molecule has 0 fully saturated rings. The van der Waals surface area contributed by atoms with Crippen LogP contribution in [0.5, 0.6) is 0 Å². The molecule has 38 heavy (non-hydrogen) atoms. The van der Waals surface area contributed by atoms with Gasteiger partial charge in [-0.1, -0.05) is 91.0 Å². The monoisotopic (exact) mass is 490 g/mol. The van der Waals surface area contributed by atoms with Gasteiger partial charge in [-0.25, -0.2) is 0 Å². The molecule has 0 aromatic heterocycles. The van der Waals surface area contributed by atoms with Gasteiger partial charge in [-0.05, 0) is 63.7 Å². The number of benzene rings is 5. The number of nitrogens with zero attached hydrogens (tertiary/aromatic N) is 2. The Morgan fingerprint density at radius 3 is 1.32 bits per heavy atom. The maximum Gasteiger partial charge on any atom is 0.0998 e. The van der Waals surface area contributed by atoms with E-state index in [4.69, 9.17) is 0 Å². The first-order chi connectivity index (χ1) is 18.7. The van der Waals surface area contributed by atoms with Crippen LogP contribution in [-0.2, 0) is 13.1 Å². The molecule has 0 unspecified atom stereocenters. The van der Waals surface area contributed by atoms with Crippen molar-refractivity contribution in [2.24, 2.45) is 0 Å². The highest BCUT2D eigenvalue weighted by Gasteiger charge is 2.06. The molecule has 5 rings (SSSR count). The van der Waals surface area contributed by atoms with Crippen molar-refractivity contribution in [1.82, 2.24) is 0 Å². The van der Waals surface area contributed by atoms with Crippen LogP contribution < -0.4 is 10.6 Å². The minimum absolute atomic E-state index is 0.683. The van der Waals surface area contributed by atoms with Crippen LogP contribution in [0.2, 0.25) is 0 Å². The van der Waals surface area contributed by atoms with E-state index in [-0.39, 0.29) is 0 Å². The first-order valence-electron chi connectivity index (χ1n) is 12.5. The summed E-state index contributed by atoms with van der Waals surface area (Å²) in [6, 6.07) is 44.8. The van der Waals surface area contributed by atoms with Crippen molar-refractivity contribution in [2.75, 3.05) is 10.6 Å². The molecule has 182 valence electrons. The van der Waals surface area contributed by atoms with E-state index >= 15 is 0 Å². The molecule has 0 aliphatic rings. The molecule has 0 amide bonds. The van der Waals surface area contributed by atoms with Crippen LogP contribution in [0.3, 0.4) is 0 Å². The van der Waals surface area contributed by atoms with E-state index in [9.17, 15) is 10.5 Å². The molecule has 5 aromatic carbocycles. The molecule has 0 saturated carbocycles. The zero-order chi connectivity index (χ0) is 26.2. The molecule has 4 heteroatoms. The summed E-state index contributed by atoms with van der Waals surface area (Å²) in [6.45, 7) is 1.41. The lowest BCUT2D eigenvalue weighted by atomic mass is 9.99. The van der Waals surface area contributed by atoms with Crippen LogP contribution in [0.25, 0.3) is 22.3 Å². The average Bonchev–Trinajstić information content (AvgIpc) is 2.99. The molecule has 0 atom stereocenters. The summed E-state index contributed by atoms with van der Waals surface area (Å²) < 4.78 is 0. The minimum Gasteiger partial charge on any atom is -0.381 e. The fourth-order valence-corrected chi connectivity index (χ4v) is 4.42. The lowest BCUT2D eigenvalue weighted by Crippen LogP contribution is -2.02. The smallest absolute Gasteiger partial charge is 0.0998 e. The van der Waals surface area contributed by atoms with E-state index in [0.29, 0.717) is 24.2 Å². The predicted molar refractivity (Wildman–Crippen MR) is 154 cm³/mol. The first-order valence-corrected chi connectivity index (χ1v) is 12.5. The molecule has 5 aromatic rings. The van der Waals surface area contributed by atoms with Gasteiger partial charge >= 0.3 is 0 Å². The van der Waals surface area contributed by atoms with Crippen LogP contribution in [0.1, 0.15) is 22.3 Å². The van der Waals surface area contributed by atoms with Crippen LogP contribution in [0.15, 0.2) is 121 Å². The number of nitriles is 2. The van der Waals surface area contributed by atoms with Crippen LogP contribution in [-0.4, -0.2) is 0 Å². The van der Waals surface area contributed by atoms with Gasteiger partial charge in [0.25, 0.3) is 0 Å². The molecule has 0 heterocycles. The molecule has 0 spiro atoms. The molecule has 2 N–H and O–H groups in total. The summed E-state index contributed by atoms with van der Waals surface area (Å²) in [4.78, 5) is 0. The van der Waals surface area contributed by atoms with Gasteiger partial charge in [0.05, 0.1) is 23.3 Å². The summed E-state index contributed by atoms with van der Waals surface area (Å²) in [7, 11) is 0. The number of nitrogens with one attached hydrogen (secondary N) is 2. The third-order valence-corrected chi connectivity index (χ3v) is 6.48. The van der Waals surface area contributed by atoms with E-state index in [1.54, 1.807) is 0 Å². The molecule has 4 nitrogen and oxygen atoms in total. The van der Waals surface area contributed by atoms with Crippen molar-refractivity contribution in [3.05, 3.63) is 144 Å². The highest BCUT2D eigenvalue weighted by molar-refractivity contribution is 5.71. The molecular formula is C34H26N4. The third kappa shape index (κ3) is 5.73. The van der Waals surface area contributed by atoms with E-state index in [1.807, 2.05) is 54.6 Å². The van der Waals surface area contributed by atoms with Crippen molar-refractivity contribution in [2.45, 2.75) is 13.1 Å².